The molecule has 0 aliphatic heterocycles. The molecule has 0 aliphatic carbocycles. The first-order valence-corrected chi connectivity index (χ1v) is 4.35. The van der Waals surface area contributed by atoms with Gasteiger partial charge in [0.05, 0.1) is 11.7 Å². The van der Waals surface area contributed by atoms with Crippen molar-refractivity contribution in [2.45, 2.75) is 45.4 Å². The first-order chi connectivity index (χ1) is 5.37. The molecule has 0 aromatic heterocycles. The zero-order chi connectivity index (χ0) is 9.78. The van der Waals surface area contributed by atoms with Crippen molar-refractivity contribution >= 4 is 0 Å². The SMILES string of the molecule is COC(C)C(C)NCC(C)(C)O. The monoisotopic (exact) mass is 175 g/mol. The molecular formula is C9H21NO2. The highest BCUT2D eigenvalue weighted by Gasteiger charge is 2.16. The fourth-order valence-corrected chi connectivity index (χ4v) is 0.781. The van der Waals surface area contributed by atoms with Gasteiger partial charge in [0.2, 0.25) is 0 Å². The summed E-state index contributed by atoms with van der Waals surface area (Å²) >= 11 is 0. The molecule has 0 aromatic rings. The van der Waals surface area contributed by atoms with E-state index in [1.807, 2.05) is 13.8 Å². The molecule has 0 aliphatic rings. The van der Waals surface area contributed by atoms with E-state index in [2.05, 4.69) is 5.32 Å². The predicted molar refractivity (Wildman–Crippen MR) is 50.2 cm³/mol. The summed E-state index contributed by atoms with van der Waals surface area (Å²) in [5.74, 6) is 0. The first kappa shape index (κ1) is 11.9. The van der Waals surface area contributed by atoms with Gasteiger partial charge in [-0.3, -0.25) is 0 Å². The largest absolute Gasteiger partial charge is 0.389 e. The summed E-state index contributed by atoms with van der Waals surface area (Å²) < 4.78 is 5.13. The van der Waals surface area contributed by atoms with Gasteiger partial charge < -0.3 is 15.2 Å². The maximum Gasteiger partial charge on any atom is 0.0715 e. The molecule has 0 saturated carbocycles. The predicted octanol–water partition coefficient (Wildman–Crippen LogP) is 0.770. The van der Waals surface area contributed by atoms with Crippen LogP contribution in [0.3, 0.4) is 0 Å². The van der Waals surface area contributed by atoms with E-state index in [9.17, 15) is 5.11 Å². The van der Waals surface area contributed by atoms with Crippen molar-refractivity contribution in [2.24, 2.45) is 0 Å². The van der Waals surface area contributed by atoms with Gasteiger partial charge in [0, 0.05) is 19.7 Å². The lowest BCUT2D eigenvalue weighted by atomic mass is 10.1. The van der Waals surface area contributed by atoms with Gasteiger partial charge in [-0.1, -0.05) is 0 Å². The lowest BCUT2D eigenvalue weighted by Crippen LogP contribution is -2.44. The van der Waals surface area contributed by atoms with Crippen molar-refractivity contribution in [3.8, 4) is 0 Å². The fourth-order valence-electron chi connectivity index (χ4n) is 0.781. The molecule has 2 atom stereocenters. The Morgan fingerprint density at radius 3 is 2.25 bits per heavy atom. The highest BCUT2D eigenvalue weighted by Crippen LogP contribution is 2.01. The number of ether oxygens (including phenoxy) is 1. The Balaban J connectivity index is 3.64. The van der Waals surface area contributed by atoms with Gasteiger partial charge in [0.15, 0.2) is 0 Å². The van der Waals surface area contributed by atoms with E-state index >= 15 is 0 Å². The molecule has 0 amide bonds. The second-order valence-corrected chi connectivity index (χ2v) is 3.92. The Bertz CT molecular complexity index is 120. The van der Waals surface area contributed by atoms with Crippen LogP contribution in [-0.2, 0) is 4.74 Å². The molecule has 0 spiro atoms. The maximum atomic E-state index is 9.42. The van der Waals surface area contributed by atoms with Crippen molar-refractivity contribution in [1.29, 1.82) is 0 Å². The minimum Gasteiger partial charge on any atom is -0.389 e. The molecule has 74 valence electrons. The van der Waals surface area contributed by atoms with Crippen LogP contribution in [0.2, 0.25) is 0 Å². The third kappa shape index (κ3) is 5.52. The molecule has 3 heteroatoms. The van der Waals surface area contributed by atoms with Gasteiger partial charge in [0.25, 0.3) is 0 Å². The zero-order valence-electron chi connectivity index (χ0n) is 8.72. The standard InChI is InChI=1S/C9H21NO2/c1-7(8(2)12-5)10-6-9(3,4)11/h7-8,10-11H,6H2,1-5H3. The van der Waals surface area contributed by atoms with Crippen LogP contribution >= 0.6 is 0 Å². The quantitative estimate of drug-likeness (QED) is 0.648. The van der Waals surface area contributed by atoms with Crippen molar-refractivity contribution in [1.82, 2.24) is 5.32 Å². The molecule has 0 aromatic carbocycles. The van der Waals surface area contributed by atoms with E-state index in [0.717, 1.165) is 0 Å². The Kier molecular flexibility index (Phi) is 4.75. The van der Waals surface area contributed by atoms with E-state index in [4.69, 9.17) is 4.74 Å². The van der Waals surface area contributed by atoms with E-state index in [1.165, 1.54) is 0 Å². The number of aliphatic hydroxyl groups is 1. The van der Waals surface area contributed by atoms with Crippen molar-refractivity contribution in [2.75, 3.05) is 13.7 Å². The van der Waals surface area contributed by atoms with Crippen molar-refractivity contribution in [3.05, 3.63) is 0 Å². The molecule has 3 nitrogen and oxygen atoms in total. The number of methoxy groups -OCH3 is 1. The summed E-state index contributed by atoms with van der Waals surface area (Å²) in [6, 6.07) is 0.265. The summed E-state index contributed by atoms with van der Waals surface area (Å²) in [7, 11) is 1.69. The van der Waals surface area contributed by atoms with Gasteiger partial charge >= 0.3 is 0 Å². The summed E-state index contributed by atoms with van der Waals surface area (Å²) in [5, 5.41) is 12.6. The lowest BCUT2D eigenvalue weighted by Gasteiger charge is -2.24. The number of hydrogen-bond donors (Lipinski definition) is 2. The van der Waals surface area contributed by atoms with Crippen LogP contribution in [0.25, 0.3) is 0 Å². The summed E-state index contributed by atoms with van der Waals surface area (Å²) in [6.45, 7) is 8.19. The molecule has 0 radical (unpaired) electrons. The number of hydrogen-bond acceptors (Lipinski definition) is 3. The fraction of sp³-hybridized carbons (Fsp3) is 1.00. The molecule has 12 heavy (non-hydrogen) atoms. The van der Waals surface area contributed by atoms with Gasteiger partial charge in [-0.2, -0.15) is 0 Å². The van der Waals surface area contributed by atoms with Gasteiger partial charge in [-0.05, 0) is 27.7 Å². The molecular weight excluding hydrogens is 154 g/mol. The highest BCUT2D eigenvalue weighted by molar-refractivity contribution is 4.74. The topological polar surface area (TPSA) is 41.5 Å². The molecule has 0 rings (SSSR count). The molecule has 0 heterocycles. The molecule has 0 fully saturated rings. The Hall–Kier alpha value is -0.120. The molecule has 2 N–H and O–H groups in total. The van der Waals surface area contributed by atoms with Gasteiger partial charge in [-0.15, -0.1) is 0 Å². The summed E-state index contributed by atoms with van der Waals surface area (Å²) in [5.41, 5.74) is -0.651. The van der Waals surface area contributed by atoms with Crippen LogP contribution in [0.4, 0.5) is 0 Å². The first-order valence-electron chi connectivity index (χ1n) is 4.35. The second kappa shape index (κ2) is 4.80. The van der Waals surface area contributed by atoms with Crippen molar-refractivity contribution in [3.63, 3.8) is 0 Å². The molecule has 0 bridgehead atoms. The Morgan fingerprint density at radius 1 is 1.42 bits per heavy atom. The lowest BCUT2D eigenvalue weighted by molar-refractivity contribution is 0.0539. The van der Waals surface area contributed by atoms with Gasteiger partial charge in [0.1, 0.15) is 0 Å². The van der Waals surface area contributed by atoms with Gasteiger partial charge in [-0.25, -0.2) is 0 Å². The normalized spacial score (nSPS) is 17.5. The minimum absolute atomic E-state index is 0.173. The average molecular weight is 175 g/mol. The highest BCUT2D eigenvalue weighted by atomic mass is 16.5. The second-order valence-electron chi connectivity index (χ2n) is 3.92. The van der Waals surface area contributed by atoms with E-state index < -0.39 is 5.60 Å². The van der Waals surface area contributed by atoms with Crippen LogP contribution in [0.5, 0.6) is 0 Å². The van der Waals surface area contributed by atoms with E-state index in [0.29, 0.717) is 6.54 Å². The van der Waals surface area contributed by atoms with Crippen LogP contribution < -0.4 is 5.32 Å². The van der Waals surface area contributed by atoms with Crippen LogP contribution in [0.1, 0.15) is 27.7 Å². The smallest absolute Gasteiger partial charge is 0.0715 e. The third-order valence-corrected chi connectivity index (χ3v) is 1.93. The van der Waals surface area contributed by atoms with Crippen LogP contribution in [0, 0.1) is 0 Å². The van der Waals surface area contributed by atoms with E-state index in [1.54, 1.807) is 21.0 Å². The Morgan fingerprint density at radius 2 is 1.92 bits per heavy atom. The number of nitrogens with one attached hydrogen (secondary N) is 1. The maximum absolute atomic E-state index is 9.42. The van der Waals surface area contributed by atoms with Crippen LogP contribution in [-0.4, -0.2) is 36.5 Å². The molecule has 2 unspecified atom stereocenters. The van der Waals surface area contributed by atoms with Crippen molar-refractivity contribution < 1.29 is 9.84 Å². The molecule has 0 saturated heterocycles. The zero-order valence-corrected chi connectivity index (χ0v) is 8.72. The van der Waals surface area contributed by atoms with Crippen LogP contribution in [0.15, 0.2) is 0 Å². The summed E-state index contributed by atoms with van der Waals surface area (Å²) in [6.07, 6.45) is 0.173. The van der Waals surface area contributed by atoms with E-state index in [-0.39, 0.29) is 12.1 Å². The third-order valence-electron chi connectivity index (χ3n) is 1.93. The summed E-state index contributed by atoms with van der Waals surface area (Å²) in [4.78, 5) is 0. The Labute approximate surface area is 75.1 Å². The average Bonchev–Trinajstić information content (AvgIpc) is 1.97. The number of rotatable bonds is 5. The minimum atomic E-state index is -0.651.